The van der Waals surface area contributed by atoms with Crippen molar-refractivity contribution >= 4 is 11.8 Å². The van der Waals surface area contributed by atoms with E-state index in [1.54, 1.807) is 27.0 Å². The number of carbonyl (C=O) groups is 2. The topological polar surface area (TPSA) is 75.5 Å². The van der Waals surface area contributed by atoms with Crippen molar-refractivity contribution in [1.29, 1.82) is 0 Å². The van der Waals surface area contributed by atoms with E-state index < -0.39 is 35.6 Å². The zero-order valence-corrected chi connectivity index (χ0v) is 18.6. The Labute approximate surface area is 188 Å². The van der Waals surface area contributed by atoms with Crippen molar-refractivity contribution < 1.29 is 22.8 Å². The lowest BCUT2D eigenvalue weighted by atomic mass is 9.85. The number of hydrogen-bond donors (Lipinski definition) is 0. The van der Waals surface area contributed by atoms with Crippen molar-refractivity contribution in [3.05, 3.63) is 62.8 Å². The monoisotopic (exact) mass is 462 g/mol. The first-order valence-corrected chi connectivity index (χ1v) is 10.8. The zero-order chi connectivity index (χ0) is 24.1. The zero-order valence-electron chi connectivity index (χ0n) is 18.6. The summed E-state index contributed by atoms with van der Waals surface area (Å²) in [5, 5.41) is 4.10. The third-order valence-electron chi connectivity index (χ3n) is 6.45. The average molecular weight is 462 g/mol. The number of halogens is 3. The highest BCUT2D eigenvalue weighted by Gasteiger charge is 2.51. The van der Waals surface area contributed by atoms with Crippen LogP contribution in [0.5, 0.6) is 0 Å². The quantitative estimate of drug-likeness (QED) is 0.700. The summed E-state index contributed by atoms with van der Waals surface area (Å²) in [5.74, 6) is -4.59. The molecule has 1 aromatic carbocycles. The molecule has 10 heteroatoms. The van der Waals surface area contributed by atoms with E-state index in [4.69, 9.17) is 0 Å². The minimum absolute atomic E-state index is 0.0551. The Bertz CT molecular complexity index is 1170. The number of aromatic nitrogens is 2. The van der Waals surface area contributed by atoms with Crippen LogP contribution in [0.4, 0.5) is 13.2 Å². The molecule has 0 N–H and O–H groups in total. The third kappa shape index (κ3) is 4.38. The van der Waals surface area contributed by atoms with Crippen molar-refractivity contribution in [3.8, 4) is 0 Å². The maximum atomic E-state index is 14.5. The lowest BCUT2D eigenvalue weighted by Crippen LogP contribution is -2.64. The van der Waals surface area contributed by atoms with Gasteiger partial charge in [0, 0.05) is 37.0 Å². The van der Waals surface area contributed by atoms with Crippen LogP contribution in [-0.2, 0) is 11.3 Å². The van der Waals surface area contributed by atoms with Crippen LogP contribution in [0.2, 0.25) is 0 Å². The number of aryl methyl sites for hydroxylation is 1. The molecule has 1 aliphatic carbocycles. The second-order valence-corrected chi connectivity index (χ2v) is 8.98. The van der Waals surface area contributed by atoms with Gasteiger partial charge in [-0.2, -0.15) is 5.10 Å². The molecule has 2 heterocycles. The standard InChI is InChI=1S/C23H25F3N4O3/c1-13-9-27-29(21(32)15(13)3)11-16-4-5-19(24)18(6-16)22(33)28-10-14(2)30(20(31)12-28)17-7-23(25,26)8-17/h4-6,9,14,17H,7-8,10-12H2,1-3H3/t14-/m0/s1. The minimum Gasteiger partial charge on any atom is -0.333 e. The van der Waals surface area contributed by atoms with Crippen molar-refractivity contribution in [2.75, 3.05) is 13.1 Å². The van der Waals surface area contributed by atoms with Gasteiger partial charge in [0.1, 0.15) is 12.4 Å². The van der Waals surface area contributed by atoms with Crippen molar-refractivity contribution in [2.45, 2.75) is 58.2 Å². The smallest absolute Gasteiger partial charge is 0.270 e. The average Bonchev–Trinajstić information content (AvgIpc) is 2.73. The van der Waals surface area contributed by atoms with Crippen LogP contribution in [0.15, 0.2) is 29.2 Å². The summed E-state index contributed by atoms with van der Waals surface area (Å²) in [5.41, 5.74) is 1.33. The van der Waals surface area contributed by atoms with Crippen LogP contribution in [0.1, 0.15) is 46.8 Å². The molecule has 0 radical (unpaired) electrons. The van der Waals surface area contributed by atoms with Crippen LogP contribution in [0.25, 0.3) is 0 Å². The van der Waals surface area contributed by atoms with Crippen LogP contribution in [-0.4, -0.2) is 62.5 Å². The van der Waals surface area contributed by atoms with E-state index in [1.807, 2.05) is 0 Å². The fraction of sp³-hybridized carbons (Fsp3) is 0.478. The molecule has 33 heavy (non-hydrogen) atoms. The Balaban J connectivity index is 1.51. The number of piperazine rings is 1. The summed E-state index contributed by atoms with van der Waals surface area (Å²) in [4.78, 5) is 40.8. The van der Waals surface area contributed by atoms with Gasteiger partial charge in [0.15, 0.2) is 0 Å². The molecule has 2 aromatic rings. The van der Waals surface area contributed by atoms with Gasteiger partial charge in [-0.3, -0.25) is 14.4 Å². The highest BCUT2D eigenvalue weighted by atomic mass is 19.3. The molecule has 0 unspecified atom stereocenters. The molecule has 0 bridgehead atoms. The van der Waals surface area contributed by atoms with E-state index >= 15 is 0 Å². The van der Waals surface area contributed by atoms with Crippen LogP contribution in [0, 0.1) is 19.7 Å². The molecule has 2 fully saturated rings. The molecule has 1 atom stereocenters. The summed E-state index contributed by atoms with van der Waals surface area (Å²) in [7, 11) is 0. The summed E-state index contributed by atoms with van der Waals surface area (Å²) in [6.07, 6.45) is 0.815. The van der Waals surface area contributed by atoms with Gasteiger partial charge < -0.3 is 9.80 Å². The van der Waals surface area contributed by atoms with Gasteiger partial charge in [-0.1, -0.05) is 6.07 Å². The number of benzene rings is 1. The SMILES string of the molecule is Cc1cnn(Cc2ccc(F)c(C(=O)N3CC(=O)N(C4CC(F)(F)C4)[C@@H](C)C3)c2)c(=O)c1C. The van der Waals surface area contributed by atoms with Crippen molar-refractivity contribution in [2.24, 2.45) is 0 Å². The molecule has 1 aromatic heterocycles. The highest BCUT2D eigenvalue weighted by molar-refractivity contribution is 5.97. The first-order valence-electron chi connectivity index (χ1n) is 10.8. The normalized spacial score (nSPS) is 20.7. The number of rotatable bonds is 4. The molecule has 7 nitrogen and oxygen atoms in total. The summed E-state index contributed by atoms with van der Waals surface area (Å²) in [6.45, 7) is 5.04. The lowest BCUT2D eigenvalue weighted by Gasteiger charge is -2.49. The Morgan fingerprint density at radius 1 is 1.21 bits per heavy atom. The predicted molar refractivity (Wildman–Crippen MR) is 114 cm³/mol. The molecule has 1 saturated carbocycles. The Kier molecular flexibility index (Phi) is 5.79. The lowest BCUT2D eigenvalue weighted by molar-refractivity contribution is -0.163. The highest BCUT2D eigenvalue weighted by Crippen LogP contribution is 2.41. The Morgan fingerprint density at radius 3 is 2.55 bits per heavy atom. The molecular weight excluding hydrogens is 437 g/mol. The molecule has 1 saturated heterocycles. The Hall–Kier alpha value is -3.17. The maximum absolute atomic E-state index is 14.5. The van der Waals surface area contributed by atoms with E-state index in [9.17, 15) is 27.6 Å². The largest absolute Gasteiger partial charge is 0.333 e. The molecule has 2 amide bonds. The summed E-state index contributed by atoms with van der Waals surface area (Å²) >= 11 is 0. The van der Waals surface area contributed by atoms with Gasteiger partial charge in [0.2, 0.25) is 5.91 Å². The van der Waals surface area contributed by atoms with Gasteiger partial charge in [-0.05, 0) is 44.0 Å². The van der Waals surface area contributed by atoms with E-state index in [2.05, 4.69) is 5.10 Å². The number of amides is 2. The molecular formula is C23H25F3N4O3. The van der Waals surface area contributed by atoms with Gasteiger partial charge in [0.25, 0.3) is 17.4 Å². The fourth-order valence-electron chi connectivity index (χ4n) is 4.47. The van der Waals surface area contributed by atoms with Gasteiger partial charge >= 0.3 is 0 Å². The second-order valence-electron chi connectivity index (χ2n) is 8.98. The maximum Gasteiger partial charge on any atom is 0.270 e. The fourth-order valence-corrected chi connectivity index (χ4v) is 4.47. The molecule has 2 aliphatic rings. The van der Waals surface area contributed by atoms with Crippen LogP contribution in [0.3, 0.4) is 0 Å². The number of hydrogen-bond acceptors (Lipinski definition) is 4. The Morgan fingerprint density at radius 2 is 1.91 bits per heavy atom. The number of nitrogens with zero attached hydrogens (tertiary/aromatic N) is 4. The number of alkyl halides is 2. The van der Waals surface area contributed by atoms with Crippen LogP contribution >= 0.6 is 0 Å². The second kappa shape index (κ2) is 8.31. The first kappa shape index (κ1) is 23.0. The van der Waals surface area contributed by atoms with Gasteiger partial charge in [-0.25, -0.2) is 17.9 Å². The summed E-state index contributed by atoms with van der Waals surface area (Å²) < 4.78 is 42.3. The minimum atomic E-state index is -2.76. The first-order chi connectivity index (χ1) is 15.5. The van der Waals surface area contributed by atoms with Gasteiger partial charge in [-0.15, -0.1) is 0 Å². The van der Waals surface area contributed by atoms with E-state index in [0.29, 0.717) is 11.1 Å². The van der Waals surface area contributed by atoms with E-state index in [1.165, 1.54) is 26.6 Å². The molecule has 1 aliphatic heterocycles. The third-order valence-corrected chi connectivity index (χ3v) is 6.45. The van der Waals surface area contributed by atoms with E-state index in [0.717, 1.165) is 11.6 Å². The van der Waals surface area contributed by atoms with E-state index in [-0.39, 0.29) is 43.6 Å². The number of carbonyl (C=O) groups excluding carboxylic acids is 2. The summed E-state index contributed by atoms with van der Waals surface area (Å²) in [6, 6.07) is 2.98. The van der Waals surface area contributed by atoms with Crippen molar-refractivity contribution in [1.82, 2.24) is 19.6 Å². The van der Waals surface area contributed by atoms with Gasteiger partial charge in [0.05, 0.1) is 18.3 Å². The van der Waals surface area contributed by atoms with Crippen LogP contribution < -0.4 is 5.56 Å². The van der Waals surface area contributed by atoms with Crippen molar-refractivity contribution in [3.63, 3.8) is 0 Å². The molecule has 0 spiro atoms. The predicted octanol–water partition coefficient (Wildman–Crippen LogP) is 2.52. The molecule has 176 valence electrons. The molecule has 4 rings (SSSR count).